The summed E-state index contributed by atoms with van der Waals surface area (Å²) in [6.07, 6.45) is 1.20. The lowest BCUT2D eigenvalue weighted by Crippen LogP contribution is -2.62. The lowest BCUT2D eigenvalue weighted by molar-refractivity contribution is 0.0573. The Morgan fingerprint density at radius 2 is 1.78 bits per heavy atom. The standard InChI is InChI=1S/C23H19F2N3O4/c1-26-19-8-10-32-18-12-16(25)15(24)11-14(18)20(13-5-3-2-4-6-13)28(19)27-9-7-17(29)22(30)21(27)23(26)31/h2-7,9,11-12,19-20,30H,8,10H2,1H3/t19-,20+/m0/s1. The van der Waals surface area contributed by atoms with Crippen molar-refractivity contribution in [2.24, 2.45) is 0 Å². The van der Waals surface area contributed by atoms with Gasteiger partial charge in [0.25, 0.3) is 5.91 Å². The number of hydrogen-bond acceptors (Lipinski definition) is 5. The van der Waals surface area contributed by atoms with E-state index in [0.717, 1.165) is 23.8 Å². The highest BCUT2D eigenvalue weighted by Crippen LogP contribution is 2.41. The van der Waals surface area contributed by atoms with Gasteiger partial charge in [-0.1, -0.05) is 30.3 Å². The van der Waals surface area contributed by atoms with E-state index in [9.17, 15) is 23.5 Å². The summed E-state index contributed by atoms with van der Waals surface area (Å²) in [5, 5.41) is 12.2. The maximum absolute atomic E-state index is 14.4. The maximum Gasteiger partial charge on any atom is 0.277 e. The van der Waals surface area contributed by atoms with Crippen LogP contribution in [0.3, 0.4) is 0 Å². The second-order valence-electron chi connectivity index (χ2n) is 7.75. The molecule has 0 fully saturated rings. The van der Waals surface area contributed by atoms with E-state index in [4.69, 9.17) is 4.74 Å². The number of fused-ring (bicyclic) bond motifs is 4. The third kappa shape index (κ3) is 2.92. The number of ether oxygens (including phenoxy) is 1. The highest BCUT2D eigenvalue weighted by Gasteiger charge is 2.43. The van der Waals surface area contributed by atoms with Gasteiger partial charge in [-0.15, -0.1) is 0 Å². The first-order valence-electron chi connectivity index (χ1n) is 10.1. The third-order valence-electron chi connectivity index (χ3n) is 5.94. The molecule has 0 spiro atoms. The first kappa shape index (κ1) is 20.0. The van der Waals surface area contributed by atoms with Crippen molar-refractivity contribution in [3.05, 3.63) is 93.4 Å². The van der Waals surface area contributed by atoms with Crippen molar-refractivity contribution in [3.63, 3.8) is 0 Å². The molecule has 0 radical (unpaired) electrons. The van der Waals surface area contributed by atoms with Gasteiger partial charge < -0.3 is 14.7 Å². The van der Waals surface area contributed by atoms with Crippen LogP contribution in [0.25, 0.3) is 0 Å². The van der Waals surface area contributed by atoms with E-state index in [1.807, 2.05) is 30.3 Å². The molecule has 0 aliphatic carbocycles. The second kappa shape index (κ2) is 7.37. The van der Waals surface area contributed by atoms with Crippen LogP contribution in [0.5, 0.6) is 11.5 Å². The van der Waals surface area contributed by atoms with E-state index >= 15 is 0 Å². The predicted octanol–water partition coefficient (Wildman–Crippen LogP) is 2.75. The van der Waals surface area contributed by atoms with Crippen molar-refractivity contribution in [1.82, 2.24) is 9.58 Å². The molecule has 2 aliphatic heterocycles. The molecule has 1 amide bonds. The van der Waals surface area contributed by atoms with Gasteiger partial charge in [0, 0.05) is 37.4 Å². The lowest BCUT2D eigenvalue weighted by atomic mass is 9.95. The molecule has 7 nitrogen and oxygen atoms in total. The fraction of sp³-hybridized carbons (Fsp3) is 0.217. The molecule has 9 heteroatoms. The van der Waals surface area contributed by atoms with E-state index < -0.39 is 40.9 Å². The summed E-state index contributed by atoms with van der Waals surface area (Å²) >= 11 is 0. The Balaban J connectivity index is 1.84. The van der Waals surface area contributed by atoms with Gasteiger partial charge in [-0.3, -0.25) is 19.3 Å². The molecule has 0 saturated carbocycles. The van der Waals surface area contributed by atoms with E-state index in [1.165, 1.54) is 15.8 Å². The molecule has 2 aliphatic rings. The Morgan fingerprint density at radius 3 is 2.53 bits per heavy atom. The van der Waals surface area contributed by atoms with E-state index in [2.05, 4.69) is 0 Å². The monoisotopic (exact) mass is 439 g/mol. The summed E-state index contributed by atoms with van der Waals surface area (Å²) in [5.74, 6) is -3.07. The van der Waals surface area contributed by atoms with Gasteiger partial charge in [0.2, 0.25) is 5.43 Å². The number of rotatable bonds is 1. The number of nitrogens with zero attached hydrogens (tertiary/aromatic N) is 3. The number of halogens is 2. The van der Waals surface area contributed by atoms with Gasteiger partial charge in [0.1, 0.15) is 18.0 Å². The summed E-state index contributed by atoms with van der Waals surface area (Å²) in [7, 11) is 1.57. The number of aromatic nitrogens is 1. The first-order valence-corrected chi connectivity index (χ1v) is 10.1. The van der Waals surface area contributed by atoms with Gasteiger partial charge in [0.15, 0.2) is 23.1 Å². The SMILES string of the molecule is CN1C(=O)c2c(O)c(=O)ccn2N2[C@H](c3ccccc3)c3cc(F)c(F)cc3OCC[C@@H]12. The molecule has 2 atom stereocenters. The number of pyridine rings is 1. The van der Waals surface area contributed by atoms with Crippen LogP contribution in [0.4, 0.5) is 8.78 Å². The summed E-state index contributed by atoms with van der Waals surface area (Å²) in [6.45, 7) is 0.139. The van der Waals surface area contributed by atoms with Crippen molar-refractivity contribution in [2.75, 3.05) is 18.7 Å². The van der Waals surface area contributed by atoms with Crippen LogP contribution in [0, 0.1) is 11.6 Å². The Labute approximate surface area is 181 Å². The molecule has 0 unspecified atom stereocenters. The highest BCUT2D eigenvalue weighted by atomic mass is 19.2. The summed E-state index contributed by atoms with van der Waals surface area (Å²) in [4.78, 5) is 26.6. The fourth-order valence-electron chi connectivity index (χ4n) is 4.42. The largest absolute Gasteiger partial charge is 0.502 e. The Kier molecular flexibility index (Phi) is 4.61. The molecule has 1 N–H and O–H groups in total. The van der Waals surface area contributed by atoms with Crippen LogP contribution in [0.2, 0.25) is 0 Å². The molecule has 164 valence electrons. The van der Waals surface area contributed by atoms with Gasteiger partial charge >= 0.3 is 0 Å². The maximum atomic E-state index is 14.4. The second-order valence-corrected chi connectivity index (χ2v) is 7.75. The minimum atomic E-state index is -1.03. The number of carbonyl (C=O) groups excluding carboxylic acids is 1. The predicted molar refractivity (Wildman–Crippen MR) is 111 cm³/mol. The van der Waals surface area contributed by atoms with Crippen LogP contribution in [-0.4, -0.2) is 40.4 Å². The van der Waals surface area contributed by atoms with Gasteiger partial charge in [-0.2, -0.15) is 0 Å². The third-order valence-corrected chi connectivity index (χ3v) is 5.94. The van der Waals surface area contributed by atoms with Crippen molar-refractivity contribution in [3.8, 4) is 11.5 Å². The fourth-order valence-corrected chi connectivity index (χ4v) is 4.42. The molecule has 0 saturated heterocycles. The molecule has 5 rings (SSSR count). The van der Waals surface area contributed by atoms with Crippen molar-refractivity contribution < 1.29 is 23.4 Å². The summed E-state index contributed by atoms with van der Waals surface area (Å²) < 4.78 is 35.7. The Bertz CT molecular complexity index is 1280. The van der Waals surface area contributed by atoms with Crippen molar-refractivity contribution in [1.29, 1.82) is 0 Å². The quantitative estimate of drug-likeness (QED) is 0.631. The topological polar surface area (TPSA) is 75.0 Å². The molecule has 3 heterocycles. The molecular formula is C23H19F2N3O4. The zero-order valence-corrected chi connectivity index (χ0v) is 17.0. The zero-order chi connectivity index (χ0) is 22.6. The molecule has 2 aromatic carbocycles. The molecule has 0 bridgehead atoms. The summed E-state index contributed by atoms with van der Waals surface area (Å²) in [6, 6.07) is 11.7. The van der Waals surface area contributed by atoms with Crippen LogP contribution < -0.4 is 15.2 Å². The minimum Gasteiger partial charge on any atom is -0.502 e. The van der Waals surface area contributed by atoms with Crippen LogP contribution in [0.15, 0.2) is 59.5 Å². The molecule has 32 heavy (non-hydrogen) atoms. The lowest BCUT2D eigenvalue weighted by Gasteiger charge is -2.49. The zero-order valence-electron chi connectivity index (χ0n) is 17.0. The van der Waals surface area contributed by atoms with Gasteiger partial charge in [-0.05, 0) is 11.6 Å². The normalized spacial score (nSPS) is 19.9. The Morgan fingerprint density at radius 1 is 1.06 bits per heavy atom. The molecular weight excluding hydrogens is 420 g/mol. The Hall–Kier alpha value is -3.88. The average Bonchev–Trinajstić information content (AvgIpc) is 2.78. The van der Waals surface area contributed by atoms with Gasteiger partial charge in [0.05, 0.1) is 6.61 Å². The number of benzene rings is 2. The number of aromatic hydroxyl groups is 1. The van der Waals surface area contributed by atoms with Crippen LogP contribution in [0.1, 0.15) is 34.1 Å². The first-order chi connectivity index (χ1) is 15.4. The van der Waals surface area contributed by atoms with Crippen LogP contribution >= 0.6 is 0 Å². The molecule has 1 aromatic heterocycles. The number of amides is 1. The van der Waals surface area contributed by atoms with E-state index in [-0.39, 0.29) is 18.1 Å². The van der Waals surface area contributed by atoms with E-state index in [0.29, 0.717) is 12.0 Å². The smallest absolute Gasteiger partial charge is 0.277 e. The van der Waals surface area contributed by atoms with Crippen molar-refractivity contribution >= 4 is 5.91 Å². The minimum absolute atomic E-state index is 0.139. The van der Waals surface area contributed by atoms with Crippen LogP contribution in [-0.2, 0) is 0 Å². The van der Waals surface area contributed by atoms with E-state index in [1.54, 1.807) is 12.1 Å². The average molecular weight is 439 g/mol. The van der Waals surface area contributed by atoms with Gasteiger partial charge in [-0.25, -0.2) is 8.78 Å². The number of hydrogen-bond donors (Lipinski definition) is 1. The van der Waals surface area contributed by atoms with Crippen molar-refractivity contribution in [2.45, 2.75) is 18.6 Å². The summed E-state index contributed by atoms with van der Waals surface area (Å²) in [5.41, 5.74) is 0.202. The number of carbonyl (C=O) groups is 1. The highest BCUT2D eigenvalue weighted by molar-refractivity contribution is 5.96. The molecule has 3 aromatic rings.